The van der Waals surface area contributed by atoms with Crippen molar-refractivity contribution in [3.63, 3.8) is 0 Å². The van der Waals surface area contributed by atoms with Gasteiger partial charge < -0.3 is 4.74 Å². The number of benzene rings is 2. The first-order chi connectivity index (χ1) is 11.5. The Labute approximate surface area is 139 Å². The summed E-state index contributed by atoms with van der Waals surface area (Å²) in [4.78, 5) is 12.4. The fourth-order valence-electron chi connectivity index (χ4n) is 3.12. The zero-order valence-electron chi connectivity index (χ0n) is 13.0. The molecule has 0 radical (unpaired) electrons. The first-order valence-electron chi connectivity index (χ1n) is 7.62. The molecule has 0 unspecified atom stereocenters. The van der Waals surface area contributed by atoms with Crippen LogP contribution in [0.4, 0.5) is 0 Å². The second-order valence-corrected chi connectivity index (χ2v) is 7.59. The van der Waals surface area contributed by atoms with E-state index in [9.17, 15) is 13.2 Å². The summed E-state index contributed by atoms with van der Waals surface area (Å²) >= 11 is 0. The van der Waals surface area contributed by atoms with Gasteiger partial charge in [0, 0.05) is 11.8 Å². The van der Waals surface area contributed by atoms with Gasteiger partial charge in [-0.3, -0.25) is 0 Å². The maximum Gasteiger partial charge on any atom is 0.340 e. The van der Waals surface area contributed by atoms with E-state index in [-0.39, 0.29) is 11.5 Å². The van der Waals surface area contributed by atoms with Crippen molar-refractivity contribution in [2.24, 2.45) is 0 Å². The van der Waals surface area contributed by atoms with Crippen LogP contribution in [-0.4, -0.2) is 25.0 Å². The van der Waals surface area contributed by atoms with E-state index in [0.717, 1.165) is 5.56 Å². The maximum atomic E-state index is 13.2. The molecular formula is C18H15NO4S. The Morgan fingerprint density at radius 1 is 1.04 bits per heavy atom. The Morgan fingerprint density at radius 3 is 2.50 bits per heavy atom. The van der Waals surface area contributed by atoms with Crippen molar-refractivity contribution >= 4 is 26.9 Å². The van der Waals surface area contributed by atoms with E-state index in [1.807, 2.05) is 6.92 Å². The normalized spacial score (nSPS) is 14.5. The van der Waals surface area contributed by atoms with Gasteiger partial charge in [-0.05, 0) is 25.1 Å². The third kappa shape index (κ3) is 2.06. The molecule has 0 spiro atoms. The van der Waals surface area contributed by atoms with Gasteiger partial charge in [-0.25, -0.2) is 17.2 Å². The number of carbonyl (C=O) groups excluding carboxylic acids is 1. The highest BCUT2D eigenvalue weighted by Gasteiger charge is 2.32. The molecule has 0 saturated heterocycles. The summed E-state index contributed by atoms with van der Waals surface area (Å²) in [5.41, 5.74) is 2.33. The second kappa shape index (κ2) is 5.21. The minimum absolute atomic E-state index is 0.186. The van der Waals surface area contributed by atoms with Gasteiger partial charge in [-0.15, -0.1) is 0 Å². The van der Waals surface area contributed by atoms with E-state index in [1.54, 1.807) is 48.5 Å². The lowest BCUT2D eigenvalue weighted by Gasteiger charge is -2.16. The van der Waals surface area contributed by atoms with Crippen LogP contribution in [0.3, 0.4) is 0 Å². The summed E-state index contributed by atoms with van der Waals surface area (Å²) < 4.78 is 32.8. The Hall–Kier alpha value is -2.60. The van der Waals surface area contributed by atoms with Crippen LogP contribution in [0, 0.1) is 6.92 Å². The fraction of sp³-hybridized carbons (Fsp3) is 0.167. The molecular weight excluding hydrogens is 326 g/mol. The Bertz CT molecular complexity index is 1060. The third-order valence-electron chi connectivity index (χ3n) is 4.26. The summed E-state index contributed by atoms with van der Waals surface area (Å²) in [7, 11) is -3.80. The van der Waals surface area contributed by atoms with Crippen molar-refractivity contribution in [3.8, 4) is 0 Å². The molecule has 1 aromatic heterocycles. The average Bonchev–Trinajstić information content (AvgIpc) is 2.91. The number of fused-ring (bicyclic) bond motifs is 3. The maximum absolute atomic E-state index is 13.2. The number of nitrogens with zero attached hydrogens (tertiary/aromatic N) is 1. The summed E-state index contributed by atoms with van der Waals surface area (Å²) in [6.45, 7) is 2.09. The van der Waals surface area contributed by atoms with Crippen LogP contribution in [0.1, 0.15) is 21.6 Å². The molecule has 0 N–H and O–H groups in total. The number of hydrogen-bond donors (Lipinski definition) is 0. The zero-order valence-corrected chi connectivity index (χ0v) is 13.8. The van der Waals surface area contributed by atoms with Gasteiger partial charge in [0.25, 0.3) is 10.0 Å². The number of carbonyl (C=O) groups is 1. The Morgan fingerprint density at radius 2 is 1.75 bits per heavy atom. The van der Waals surface area contributed by atoms with E-state index in [4.69, 9.17) is 4.74 Å². The van der Waals surface area contributed by atoms with Crippen LogP contribution in [0.25, 0.3) is 10.9 Å². The molecule has 0 saturated carbocycles. The van der Waals surface area contributed by atoms with E-state index in [2.05, 4.69) is 0 Å². The average molecular weight is 341 g/mol. The first kappa shape index (κ1) is 15.0. The predicted molar refractivity (Wildman–Crippen MR) is 89.7 cm³/mol. The van der Waals surface area contributed by atoms with Gasteiger partial charge >= 0.3 is 5.97 Å². The lowest BCUT2D eigenvalue weighted by atomic mass is 10.1. The van der Waals surface area contributed by atoms with Crippen molar-refractivity contribution in [3.05, 3.63) is 65.4 Å². The highest BCUT2D eigenvalue weighted by atomic mass is 32.2. The molecule has 24 heavy (non-hydrogen) atoms. The SMILES string of the molecule is Cc1ccc(S(=O)(=O)n2c3c(c4ccccc42)C(=O)OCC3)cc1. The number of aryl methyl sites for hydroxylation is 1. The molecule has 0 aliphatic carbocycles. The van der Waals surface area contributed by atoms with E-state index < -0.39 is 16.0 Å². The number of rotatable bonds is 2. The van der Waals surface area contributed by atoms with Gasteiger partial charge in [0.2, 0.25) is 0 Å². The van der Waals surface area contributed by atoms with Crippen LogP contribution in [-0.2, 0) is 21.2 Å². The quantitative estimate of drug-likeness (QED) is 0.672. The number of para-hydroxylation sites is 1. The van der Waals surface area contributed by atoms with Gasteiger partial charge in [-0.2, -0.15) is 0 Å². The van der Waals surface area contributed by atoms with Gasteiger partial charge in [0.15, 0.2) is 0 Å². The number of cyclic esters (lactones) is 1. The molecule has 1 aliphatic rings. The molecule has 6 heteroatoms. The minimum Gasteiger partial charge on any atom is -0.462 e. The summed E-state index contributed by atoms with van der Waals surface area (Å²) in [5, 5.41) is 0.605. The topological polar surface area (TPSA) is 65.4 Å². The zero-order chi connectivity index (χ0) is 16.9. The minimum atomic E-state index is -3.80. The fourth-order valence-corrected chi connectivity index (χ4v) is 4.70. The van der Waals surface area contributed by atoms with Crippen molar-refractivity contribution in [2.75, 3.05) is 6.61 Å². The van der Waals surface area contributed by atoms with Crippen LogP contribution >= 0.6 is 0 Å². The standard InChI is InChI=1S/C18H15NO4S/c1-12-6-8-13(9-7-12)24(21,22)19-15-5-3-2-4-14(15)17-16(19)10-11-23-18(17)20/h2-9H,10-11H2,1H3. The number of ether oxygens (including phenoxy) is 1. The molecule has 0 bridgehead atoms. The van der Waals surface area contributed by atoms with Crippen molar-refractivity contribution in [1.29, 1.82) is 0 Å². The monoisotopic (exact) mass is 341 g/mol. The van der Waals surface area contributed by atoms with Gasteiger partial charge in [-0.1, -0.05) is 35.9 Å². The highest BCUT2D eigenvalue weighted by molar-refractivity contribution is 7.90. The van der Waals surface area contributed by atoms with Crippen LogP contribution in [0.2, 0.25) is 0 Å². The smallest absolute Gasteiger partial charge is 0.340 e. The molecule has 122 valence electrons. The van der Waals surface area contributed by atoms with Gasteiger partial charge in [0.05, 0.1) is 28.3 Å². The molecule has 3 aromatic rings. The second-order valence-electron chi connectivity index (χ2n) is 5.81. The van der Waals surface area contributed by atoms with Gasteiger partial charge in [0.1, 0.15) is 0 Å². The lowest BCUT2D eigenvalue weighted by Crippen LogP contribution is -2.22. The van der Waals surface area contributed by atoms with E-state index in [1.165, 1.54) is 3.97 Å². The molecule has 0 atom stereocenters. The van der Waals surface area contributed by atoms with E-state index >= 15 is 0 Å². The number of esters is 1. The van der Waals surface area contributed by atoms with Crippen molar-refractivity contribution in [2.45, 2.75) is 18.2 Å². The Kier molecular flexibility index (Phi) is 3.25. The molecule has 2 heterocycles. The number of aromatic nitrogens is 1. The van der Waals surface area contributed by atoms with Crippen molar-refractivity contribution in [1.82, 2.24) is 3.97 Å². The molecule has 5 nitrogen and oxygen atoms in total. The summed E-state index contributed by atoms with van der Waals surface area (Å²) in [6.07, 6.45) is 0.376. The Balaban J connectivity index is 2.07. The molecule has 4 rings (SSSR count). The predicted octanol–water partition coefficient (Wildman–Crippen LogP) is 2.90. The molecule has 0 fully saturated rings. The molecule has 2 aromatic carbocycles. The number of hydrogen-bond acceptors (Lipinski definition) is 4. The first-order valence-corrected chi connectivity index (χ1v) is 9.06. The lowest BCUT2D eigenvalue weighted by molar-refractivity contribution is 0.0481. The van der Waals surface area contributed by atoms with Crippen LogP contribution in [0.5, 0.6) is 0 Å². The molecule has 1 aliphatic heterocycles. The largest absolute Gasteiger partial charge is 0.462 e. The van der Waals surface area contributed by atoms with Crippen molar-refractivity contribution < 1.29 is 17.9 Å². The van der Waals surface area contributed by atoms with Crippen LogP contribution in [0.15, 0.2) is 53.4 Å². The van der Waals surface area contributed by atoms with Crippen LogP contribution < -0.4 is 0 Å². The summed E-state index contributed by atoms with van der Waals surface area (Å²) in [5.74, 6) is -0.467. The summed E-state index contributed by atoms with van der Waals surface area (Å²) in [6, 6.07) is 13.7. The third-order valence-corrected chi connectivity index (χ3v) is 6.03. The highest BCUT2D eigenvalue weighted by Crippen LogP contribution is 2.33. The molecule has 0 amide bonds. The van der Waals surface area contributed by atoms with E-state index in [0.29, 0.717) is 28.6 Å².